The summed E-state index contributed by atoms with van der Waals surface area (Å²) in [5.41, 5.74) is 5.11. The van der Waals surface area contributed by atoms with Gasteiger partial charge < -0.3 is 10.6 Å². The van der Waals surface area contributed by atoms with Crippen LogP contribution in [0.15, 0.2) is 5.16 Å². The maximum absolute atomic E-state index is 12.3. The lowest BCUT2D eigenvalue weighted by atomic mass is 10.00. The molecule has 0 spiro atoms. The minimum atomic E-state index is -0.826. The number of urea groups is 1. The maximum atomic E-state index is 12.3. The minimum absolute atomic E-state index is 0.0305. The van der Waals surface area contributed by atoms with Crippen molar-refractivity contribution in [1.29, 1.82) is 0 Å². The van der Waals surface area contributed by atoms with E-state index in [4.69, 9.17) is 5.73 Å². The third-order valence-electron chi connectivity index (χ3n) is 4.97. The molecule has 2 fully saturated rings. The lowest BCUT2D eigenvalue weighted by molar-refractivity contribution is -0.120. The first-order valence-electron chi connectivity index (χ1n) is 9.33. The highest BCUT2D eigenvalue weighted by atomic mass is 32.2. The number of nitrogens with one attached hydrogen (secondary N) is 1. The normalized spacial score (nSPS) is 19.6. The molecule has 144 valence electrons. The van der Waals surface area contributed by atoms with Crippen molar-refractivity contribution in [2.45, 2.75) is 62.9 Å². The van der Waals surface area contributed by atoms with Gasteiger partial charge in [0.05, 0.1) is 5.25 Å². The fraction of sp³-hybridized carbons (Fsp3) is 0.765. The molecule has 2 heterocycles. The van der Waals surface area contributed by atoms with E-state index in [0.717, 1.165) is 55.8 Å². The number of hydrogen-bond acceptors (Lipinski definition) is 6. The second-order valence-corrected chi connectivity index (χ2v) is 8.80. The van der Waals surface area contributed by atoms with Crippen LogP contribution in [0.1, 0.15) is 52.5 Å². The molecule has 3 amide bonds. The molecule has 0 aromatic carbocycles. The zero-order valence-electron chi connectivity index (χ0n) is 15.6. The van der Waals surface area contributed by atoms with Crippen molar-refractivity contribution in [2.24, 2.45) is 17.6 Å². The number of carbonyl (C=O) groups is 2. The van der Waals surface area contributed by atoms with Crippen molar-refractivity contribution >= 4 is 29.6 Å². The van der Waals surface area contributed by atoms with Gasteiger partial charge in [-0.1, -0.05) is 32.5 Å². The van der Waals surface area contributed by atoms with E-state index >= 15 is 0 Å². The SMILES string of the molecule is CC1CCN(c2nnc(S[C@H](C(=O)NC(N)=O)C(C)C)n2C2CC2)CC1. The number of anilines is 1. The van der Waals surface area contributed by atoms with Crippen LogP contribution in [0.4, 0.5) is 10.7 Å². The Balaban J connectivity index is 1.81. The highest BCUT2D eigenvalue weighted by Crippen LogP contribution is 2.42. The number of nitrogens with two attached hydrogens (primary N) is 1. The van der Waals surface area contributed by atoms with Crippen LogP contribution >= 0.6 is 11.8 Å². The van der Waals surface area contributed by atoms with Crippen molar-refractivity contribution in [1.82, 2.24) is 20.1 Å². The molecular weight excluding hydrogens is 352 g/mol. The lowest BCUT2D eigenvalue weighted by Crippen LogP contribution is -2.42. The summed E-state index contributed by atoms with van der Waals surface area (Å²) in [5, 5.41) is 11.3. The zero-order valence-corrected chi connectivity index (χ0v) is 16.5. The quantitative estimate of drug-likeness (QED) is 0.733. The number of carbonyl (C=O) groups excluding carboxylic acids is 2. The van der Waals surface area contributed by atoms with E-state index in [0.29, 0.717) is 6.04 Å². The minimum Gasteiger partial charge on any atom is -0.351 e. The largest absolute Gasteiger partial charge is 0.351 e. The summed E-state index contributed by atoms with van der Waals surface area (Å²) < 4.78 is 2.19. The molecule has 0 unspecified atom stereocenters. The van der Waals surface area contributed by atoms with Gasteiger partial charge in [-0.05, 0) is 37.5 Å². The average molecular weight is 381 g/mol. The van der Waals surface area contributed by atoms with Gasteiger partial charge in [-0.25, -0.2) is 4.79 Å². The van der Waals surface area contributed by atoms with E-state index in [-0.39, 0.29) is 11.8 Å². The van der Waals surface area contributed by atoms with Gasteiger partial charge in [0.15, 0.2) is 5.16 Å². The highest BCUT2D eigenvalue weighted by molar-refractivity contribution is 8.00. The van der Waals surface area contributed by atoms with E-state index in [2.05, 4.69) is 31.9 Å². The first kappa shape index (κ1) is 19.0. The molecule has 1 aromatic heterocycles. The molecule has 8 nitrogen and oxygen atoms in total. The fourth-order valence-corrected chi connectivity index (χ4v) is 4.32. The Kier molecular flexibility index (Phi) is 5.74. The maximum Gasteiger partial charge on any atom is 0.318 e. The van der Waals surface area contributed by atoms with Gasteiger partial charge in [-0.15, -0.1) is 10.2 Å². The summed E-state index contributed by atoms with van der Waals surface area (Å²) >= 11 is 1.37. The van der Waals surface area contributed by atoms with Gasteiger partial charge in [0.25, 0.3) is 0 Å². The lowest BCUT2D eigenvalue weighted by Gasteiger charge is -2.31. The molecule has 3 N–H and O–H groups in total. The van der Waals surface area contributed by atoms with E-state index in [9.17, 15) is 9.59 Å². The molecule has 1 aromatic rings. The third kappa shape index (κ3) is 4.31. The summed E-state index contributed by atoms with van der Waals surface area (Å²) in [6.07, 6.45) is 4.55. The number of thioether (sulfide) groups is 1. The summed E-state index contributed by atoms with van der Waals surface area (Å²) in [4.78, 5) is 25.7. The second kappa shape index (κ2) is 7.85. The number of hydrogen-bond donors (Lipinski definition) is 2. The van der Waals surface area contributed by atoms with E-state index in [1.165, 1.54) is 11.8 Å². The van der Waals surface area contributed by atoms with Crippen LogP contribution in [0.25, 0.3) is 0 Å². The molecule has 26 heavy (non-hydrogen) atoms. The Hall–Kier alpha value is -1.77. The Morgan fingerprint density at radius 3 is 2.38 bits per heavy atom. The Labute approximate surface area is 158 Å². The predicted molar refractivity (Wildman–Crippen MR) is 101 cm³/mol. The molecule has 1 aliphatic carbocycles. The van der Waals surface area contributed by atoms with Crippen LogP contribution in [-0.2, 0) is 4.79 Å². The van der Waals surface area contributed by atoms with Crippen LogP contribution in [0, 0.1) is 11.8 Å². The number of rotatable bonds is 6. The van der Waals surface area contributed by atoms with Crippen molar-refractivity contribution < 1.29 is 9.59 Å². The molecule has 3 rings (SSSR count). The number of piperidine rings is 1. The smallest absolute Gasteiger partial charge is 0.318 e. The zero-order chi connectivity index (χ0) is 18.8. The second-order valence-electron chi connectivity index (χ2n) is 7.69. The Morgan fingerprint density at radius 1 is 1.19 bits per heavy atom. The molecule has 1 saturated heterocycles. The number of amides is 3. The standard InChI is InChI=1S/C17H28N6O2S/c1-10(2)13(14(24)19-15(18)25)26-17-21-20-16(23(17)12-4-5-12)22-8-6-11(3)7-9-22/h10-13H,4-9H2,1-3H3,(H3,18,19,24,25)/t13-/m0/s1. The highest BCUT2D eigenvalue weighted by Gasteiger charge is 2.35. The van der Waals surface area contributed by atoms with Crippen LogP contribution in [0.2, 0.25) is 0 Å². The van der Waals surface area contributed by atoms with E-state index in [1.807, 2.05) is 13.8 Å². The van der Waals surface area contributed by atoms with Crippen LogP contribution < -0.4 is 16.0 Å². The van der Waals surface area contributed by atoms with Crippen molar-refractivity contribution in [3.63, 3.8) is 0 Å². The van der Waals surface area contributed by atoms with E-state index in [1.54, 1.807) is 0 Å². The molecule has 9 heteroatoms. The number of nitrogens with zero attached hydrogens (tertiary/aromatic N) is 4. The Morgan fingerprint density at radius 2 is 1.85 bits per heavy atom. The summed E-state index contributed by atoms with van der Waals surface area (Å²) in [6.45, 7) is 8.17. The molecule has 0 radical (unpaired) electrons. The average Bonchev–Trinajstić information content (AvgIpc) is 3.32. The summed E-state index contributed by atoms with van der Waals surface area (Å²) in [7, 11) is 0. The van der Waals surface area contributed by atoms with Gasteiger partial charge in [0, 0.05) is 19.1 Å². The topological polar surface area (TPSA) is 106 Å². The summed E-state index contributed by atoms with van der Waals surface area (Å²) in [5.74, 6) is 1.32. The van der Waals surface area contributed by atoms with Crippen LogP contribution in [0.5, 0.6) is 0 Å². The van der Waals surface area contributed by atoms with E-state index < -0.39 is 11.3 Å². The molecule has 1 saturated carbocycles. The first-order valence-corrected chi connectivity index (χ1v) is 10.2. The molecular formula is C17H28N6O2S. The number of imide groups is 1. The molecule has 0 bridgehead atoms. The first-order chi connectivity index (χ1) is 12.4. The Bertz CT molecular complexity index is 664. The molecule has 1 atom stereocenters. The molecule has 2 aliphatic rings. The van der Waals surface area contributed by atoms with Crippen molar-refractivity contribution in [3.05, 3.63) is 0 Å². The van der Waals surface area contributed by atoms with Gasteiger partial charge in [-0.2, -0.15) is 0 Å². The van der Waals surface area contributed by atoms with Crippen molar-refractivity contribution in [2.75, 3.05) is 18.0 Å². The van der Waals surface area contributed by atoms with Gasteiger partial charge >= 0.3 is 6.03 Å². The predicted octanol–water partition coefficient (Wildman–Crippen LogP) is 2.16. The number of primary amides is 1. The van der Waals surface area contributed by atoms with Gasteiger partial charge in [-0.3, -0.25) is 14.7 Å². The van der Waals surface area contributed by atoms with Gasteiger partial charge in [0.2, 0.25) is 11.9 Å². The van der Waals surface area contributed by atoms with Crippen molar-refractivity contribution in [3.8, 4) is 0 Å². The fourth-order valence-electron chi connectivity index (χ4n) is 3.22. The summed E-state index contributed by atoms with van der Waals surface area (Å²) in [6, 6.07) is -0.415. The van der Waals surface area contributed by atoms with Crippen LogP contribution in [-0.4, -0.2) is 45.0 Å². The molecule has 1 aliphatic heterocycles. The number of aromatic nitrogens is 3. The third-order valence-corrected chi connectivity index (χ3v) is 6.47. The van der Waals surface area contributed by atoms with Crippen LogP contribution in [0.3, 0.4) is 0 Å². The van der Waals surface area contributed by atoms with Gasteiger partial charge in [0.1, 0.15) is 0 Å². The monoisotopic (exact) mass is 380 g/mol.